The summed E-state index contributed by atoms with van der Waals surface area (Å²) in [7, 11) is -2.09. The van der Waals surface area contributed by atoms with Gasteiger partial charge < -0.3 is 13.7 Å². The van der Waals surface area contributed by atoms with Crippen LogP contribution in [0.3, 0.4) is 0 Å². The molecule has 22 heavy (non-hydrogen) atoms. The van der Waals surface area contributed by atoms with Crippen molar-refractivity contribution in [3.63, 3.8) is 0 Å². The highest BCUT2D eigenvalue weighted by Crippen LogP contribution is 2.38. The molecule has 1 fully saturated rings. The van der Waals surface area contributed by atoms with E-state index in [2.05, 4.69) is 72.0 Å². The third kappa shape index (κ3) is 3.82. The highest BCUT2D eigenvalue weighted by Gasteiger charge is 2.51. The second kappa shape index (κ2) is 6.12. The number of benzene rings is 1. The average Bonchev–Trinajstić information content (AvgIpc) is 2.57. The lowest BCUT2D eigenvalue weighted by atomic mass is 9.82. The minimum atomic E-state index is -1.90. The lowest BCUT2D eigenvalue weighted by molar-refractivity contribution is 0.00578. The van der Waals surface area contributed by atoms with Crippen LogP contribution in [0.15, 0.2) is 30.3 Å². The fourth-order valence-electron chi connectivity index (χ4n) is 2.79. The largest absolute Gasteiger partial charge is 0.460 e. The molecule has 0 radical (unpaired) electrons. The molecular weight excluding hydrogens is 291 g/mol. The van der Waals surface area contributed by atoms with Crippen LogP contribution in [0.25, 0.3) is 0 Å². The smallest absolute Gasteiger partial charge is 0.411 e. The molecule has 1 aromatic rings. The van der Waals surface area contributed by atoms with Gasteiger partial charge in [-0.3, -0.25) is 0 Å². The molecule has 122 valence electrons. The summed E-state index contributed by atoms with van der Waals surface area (Å²) in [4.78, 5) is 0. The molecule has 1 unspecified atom stereocenters. The summed E-state index contributed by atoms with van der Waals surface area (Å²) in [5, 5.41) is 1.32. The summed E-state index contributed by atoms with van der Waals surface area (Å²) in [5.41, 5.74) is -0.548. The Labute approximate surface area is 136 Å². The number of hydrogen-bond acceptors (Lipinski definition) is 3. The van der Waals surface area contributed by atoms with Gasteiger partial charge >= 0.3 is 7.12 Å². The molecule has 0 N–H and O–H groups in total. The minimum Gasteiger partial charge on any atom is -0.411 e. The molecule has 1 aliphatic rings. The summed E-state index contributed by atoms with van der Waals surface area (Å²) >= 11 is 0. The van der Waals surface area contributed by atoms with Gasteiger partial charge in [-0.05, 0) is 52.9 Å². The van der Waals surface area contributed by atoms with Gasteiger partial charge in [0, 0.05) is 12.4 Å². The first-order valence-electron chi connectivity index (χ1n) is 8.12. The van der Waals surface area contributed by atoms with Gasteiger partial charge in [0.2, 0.25) is 8.32 Å². The Morgan fingerprint density at radius 3 is 2.05 bits per heavy atom. The first-order valence-corrected chi connectivity index (χ1v) is 11.0. The summed E-state index contributed by atoms with van der Waals surface area (Å²) in [6.07, 6.45) is 0.868. The van der Waals surface area contributed by atoms with Crippen LogP contribution >= 0.6 is 0 Å². The van der Waals surface area contributed by atoms with Crippen molar-refractivity contribution < 1.29 is 13.7 Å². The topological polar surface area (TPSA) is 27.7 Å². The quantitative estimate of drug-likeness (QED) is 0.776. The molecule has 2 rings (SSSR count). The molecule has 5 heteroatoms. The number of hydrogen-bond donors (Lipinski definition) is 0. The van der Waals surface area contributed by atoms with Crippen LogP contribution in [0.5, 0.6) is 0 Å². The van der Waals surface area contributed by atoms with Gasteiger partial charge in [0.15, 0.2) is 0 Å². The van der Waals surface area contributed by atoms with Crippen LogP contribution < -0.4 is 5.19 Å². The van der Waals surface area contributed by atoms with Gasteiger partial charge in [-0.25, -0.2) is 0 Å². The summed E-state index contributed by atoms with van der Waals surface area (Å²) in [6.45, 7) is 14.9. The average molecular weight is 320 g/mol. The van der Waals surface area contributed by atoms with Crippen LogP contribution in [-0.2, 0) is 13.7 Å². The zero-order chi connectivity index (χ0) is 16.6. The predicted octanol–water partition coefficient (Wildman–Crippen LogP) is 3.60. The summed E-state index contributed by atoms with van der Waals surface area (Å²) < 4.78 is 18.5. The molecule has 0 saturated carbocycles. The highest BCUT2D eigenvalue weighted by molar-refractivity contribution is 6.84. The molecule has 1 aliphatic heterocycles. The van der Waals surface area contributed by atoms with Gasteiger partial charge in [0.1, 0.15) is 0 Å². The lowest BCUT2D eigenvalue weighted by Gasteiger charge is -2.32. The molecule has 0 aliphatic carbocycles. The van der Waals surface area contributed by atoms with Crippen molar-refractivity contribution >= 4 is 20.6 Å². The fourth-order valence-corrected chi connectivity index (χ4v) is 5.02. The maximum absolute atomic E-state index is 6.40. The molecule has 1 saturated heterocycles. The summed E-state index contributed by atoms with van der Waals surface area (Å²) in [5.74, 6) is 0. The normalized spacial score (nSPS) is 21.9. The van der Waals surface area contributed by atoms with E-state index in [4.69, 9.17) is 13.7 Å². The van der Waals surface area contributed by atoms with Crippen LogP contribution in [0.1, 0.15) is 34.6 Å². The molecule has 0 spiro atoms. The van der Waals surface area contributed by atoms with E-state index in [-0.39, 0.29) is 24.4 Å². The van der Waals surface area contributed by atoms with E-state index in [1.54, 1.807) is 0 Å². The van der Waals surface area contributed by atoms with E-state index < -0.39 is 8.32 Å². The second-order valence-electron chi connectivity index (χ2n) is 7.73. The minimum absolute atomic E-state index is 0.108. The van der Waals surface area contributed by atoms with Crippen molar-refractivity contribution in [2.75, 3.05) is 0 Å². The zero-order valence-corrected chi connectivity index (χ0v) is 16.0. The molecular formula is C17H29BO3Si. The Balaban J connectivity index is 1.95. The fraction of sp³-hybridized carbons (Fsp3) is 0.647. The van der Waals surface area contributed by atoms with E-state index in [0.717, 1.165) is 6.32 Å². The lowest BCUT2D eigenvalue weighted by Crippen LogP contribution is -2.47. The van der Waals surface area contributed by atoms with Gasteiger partial charge in [-0.1, -0.05) is 30.3 Å². The second-order valence-corrected chi connectivity index (χ2v) is 11.6. The predicted molar refractivity (Wildman–Crippen MR) is 95.0 cm³/mol. The van der Waals surface area contributed by atoms with Crippen molar-refractivity contribution in [1.29, 1.82) is 0 Å². The zero-order valence-electron chi connectivity index (χ0n) is 15.0. The standard InChI is InChI=1S/C17H29BO3Si/c1-14(13-18-20-16(2,3)17(4,5)21-18)19-22(6,7)15-11-9-8-10-12-15/h8-12,14H,13H2,1-7H3. The van der Waals surface area contributed by atoms with Crippen LogP contribution in [0, 0.1) is 0 Å². The van der Waals surface area contributed by atoms with E-state index >= 15 is 0 Å². The van der Waals surface area contributed by atoms with Crippen molar-refractivity contribution in [1.82, 2.24) is 0 Å². The maximum atomic E-state index is 6.40. The molecule has 0 bridgehead atoms. The van der Waals surface area contributed by atoms with Crippen LogP contribution in [0.2, 0.25) is 19.4 Å². The molecule has 3 nitrogen and oxygen atoms in total. The third-order valence-electron chi connectivity index (χ3n) is 4.79. The maximum Gasteiger partial charge on any atom is 0.460 e. The monoisotopic (exact) mass is 320 g/mol. The SMILES string of the molecule is CC(CB1OC(C)(C)C(C)(C)O1)O[Si](C)(C)c1ccccc1. The van der Waals surface area contributed by atoms with Crippen molar-refractivity contribution in [2.45, 2.75) is 71.3 Å². The highest BCUT2D eigenvalue weighted by atomic mass is 28.4. The molecule has 1 atom stereocenters. The summed E-state index contributed by atoms with van der Waals surface area (Å²) in [6, 6.07) is 10.5. The molecule has 1 heterocycles. The van der Waals surface area contributed by atoms with Crippen molar-refractivity contribution in [3.05, 3.63) is 30.3 Å². The van der Waals surface area contributed by atoms with Crippen LogP contribution in [0.4, 0.5) is 0 Å². The van der Waals surface area contributed by atoms with Gasteiger partial charge in [-0.2, -0.15) is 0 Å². The van der Waals surface area contributed by atoms with Crippen molar-refractivity contribution in [2.24, 2.45) is 0 Å². The van der Waals surface area contributed by atoms with Gasteiger partial charge in [0.25, 0.3) is 0 Å². The Morgan fingerprint density at radius 2 is 1.55 bits per heavy atom. The Hall–Kier alpha value is -0.618. The Kier molecular flexibility index (Phi) is 4.93. The van der Waals surface area contributed by atoms with Gasteiger partial charge in [0.05, 0.1) is 11.2 Å². The first-order chi connectivity index (χ1) is 10.0. The molecule has 0 amide bonds. The van der Waals surface area contributed by atoms with Crippen molar-refractivity contribution in [3.8, 4) is 0 Å². The molecule has 0 aromatic heterocycles. The Bertz CT molecular complexity index is 486. The van der Waals surface area contributed by atoms with Crippen LogP contribution in [-0.4, -0.2) is 32.7 Å². The van der Waals surface area contributed by atoms with E-state index in [9.17, 15) is 0 Å². The van der Waals surface area contributed by atoms with E-state index in [0.29, 0.717) is 0 Å². The third-order valence-corrected chi connectivity index (χ3v) is 7.51. The van der Waals surface area contributed by atoms with E-state index in [1.165, 1.54) is 5.19 Å². The number of rotatable bonds is 5. The van der Waals surface area contributed by atoms with E-state index in [1.807, 2.05) is 6.07 Å². The van der Waals surface area contributed by atoms with Gasteiger partial charge in [-0.15, -0.1) is 0 Å². The molecule has 1 aromatic carbocycles. The first kappa shape index (κ1) is 17.7. The Morgan fingerprint density at radius 1 is 1.05 bits per heavy atom.